The fraction of sp³-hybridized carbons (Fsp3) is 0.825. The molecule has 5 aliphatic carbocycles. The molecule has 268 valence electrons. The van der Waals surface area contributed by atoms with Crippen molar-refractivity contribution >= 4 is 5.97 Å². The first-order chi connectivity index (χ1) is 22.4. The summed E-state index contributed by atoms with van der Waals surface area (Å²) < 4.78 is 20.9. The van der Waals surface area contributed by atoms with Crippen LogP contribution in [0.4, 0.5) is 4.39 Å². The Hall–Kier alpha value is -2.22. The molecular formula is C40H61FN2O5. The molecule has 0 bridgehead atoms. The van der Waals surface area contributed by atoms with Crippen LogP contribution in [0.2, 0.25) is 0 Å². The standard InChI is InChI=1S/C40H61FN2O5/c1-35(2)18-20-40(33(46)48-23-11-9-8-10-22-43-25-28(41)32(45)42-34(43)47)21-19-38(6)26(27(40)24-35)12-13-30-37(5)16-15-31(44)36(3,4)29(37)14-17-39(30,38)7/h12,25,27,29-31,44H,8-11,13-24H2,1-7H3,(H,42,45,47)/t27-,29-,30+,31-,37-,38+,39+,40-/m0/s1. The number of hydrogen-bond donors (Lipinski definition) is 2. The first-order valence-electron chi connectivity index (χ1n) is 19.0. The van der Waals surface area contributed by atoms with E-state index in [2.05, 4.69) is 54.5 Å². The molecule has 8 heteroatoms. The number of aliphatic hydroxyl groups is 1. The van der Waals surface area contributed by atoms with Crippen molar-refractivity contribution in [2.75, 3.05) is 6.61 Å². The van der Waals surface area contributed by atoms with Crippen LogP contribution in [0, 0.1) is 56.1 Å². The molecule has 4 saturated carbocycles. The van der Waals surface area contributed by atoms with E-state index in [9.17, 15) is 23.9 Å². The lowest BCUT2D eigenvalue weighted by atomic mass is 9.33. The summed E-state index contributed by atoms with van der Waals surface area (Å²) in [6, 6.07) is 0. The molecule has 8 atom stereocenters. The first kappa shape index (κ1) is 35.6. The zero-order chi connectivity index (χ0) is 34.9. The Labute approximate surface area is 286 Å². The second kappa shape index (κ2) is 12.2. The Balaban J connectivity index is 1.15. The summed E-state index contributed by atoms with van der Waals surface area (Å²) in [4.78, 5) is 39.4. The fourth-order valence-electron chi connectivity index (χ4n) is 12.3. The van der Waals surface area contributed by atoms with Crippen molar-refractivity contribution in [1.82, 2.24) is 9.55 Å². The van der Waals surface area contributed by atoms with Gasteiger partial charge in [-0.1, -0.05) is 66.5 Å². The number of carbonyl (C=O) groups is 1. The molecule has 0 spiro atoms. The maximum atomic E-state index is 14.2. The van der Waals surface area contributed by atoms with E-state index in [1.807, 2.05) is 4.98 Å². The number of hydrogen-bond acceptors (Lipinski definition) is 5. The van der Waals surface area contributed by atoms with E-state index in [-0.39, 0.29) is 45.1 Å². The third-order valence-corrected chi connectivity index (χ3v) is 15.5. The highest BCUT2D eigenvalue weighted by atomic mass is 19.1. The van der Waals surface area contributed by atoms with Gasteiger partial charge in [0.2, 0.25) is 5.82 Å². The van der Waals surface area contributed by atoms with Gasteiger partial charge in [0, 0.05) is 6.54 Å². The van der Waals surface area contributed by atoms with E-state index >= 15 is 0 Å². The number of unbranched alkanes of at least 4 members (excludes halogenated alkanes) is 3. The first-order valence-corrected chi connectivity index (χ1v) is 19.0. The molecule has 5 aliphatic rings. The number of esters is 1. The summed E-state index contributed by atoms with van der Waals surface area (Å²) in [5.41, 5.74) is 0.00388. The maximum Gasteiger partial charge on any atom is 0.328 e. The summed E-state index contributed by atoms with van der Waals surface area (Å²) in [7, 11) is 0. The highest BCUT2D eigenvalue weighted by molar-refractivity contribution is 5.78. The minimum atomic E-state index is -0.992. The predicted molar refractivity (Wildman–Crippen MR) is 186 cm³/mol. The normalized spacial score (nSPS) is 39.6. The van der Waals surface area contributed by atoms with Crippen LogP contribution in [0.5, 0.6) is 0 Å². The fourth-order valence-corrected chi connectivity index (χ4v) is 12.3. The Morgan fingerprint density at radius 1 is 0.938 bits per heavy atom. The van der Waals surface area contributed by atoms with Gasteiger partial charge in [-0.05, 0) is 128 Å². The molecule has 1 aromatic rings. The van der Waals surface area contributed by atoms with E-state index < -0.39 is 22.5 Å². The average Bonchev–Trinajstić information content (AvgIpc) is 3.01. The molecule has 2 N–H and O–H groups in total. The number of aryl methyl sites for hydroxylation is 1. The average molecular weight is 669 g/mol. The van der Waals surface area contributed by atoms with Gasteiger partial charge in [0.15, 0.2) is 0 Å². The van der Waals surface area contributed by atoms with Crippen molar-refractivity contribution in [3.63, 3.8) is 0 Å². The maximum absolute atomic E-state index is 14.2. The zero-order valence-electron chi connectivity index (χ0n) is 30.7. The largest absolute Gasteiger partial charge is 0.465 e. The molecule has 48 heavy (non-hydrogen) atoms. The van der Waals surface area contributed by atoms with Gasteiger partial charge in [-0.15, -0.1) is 0 Å². The summed E-state index contributed by atoms with van der Waals surface area (Å²) >= 11 is 0. The molecule has 0 unspecified atom stereocenters. The number of ether oxygens (including phenoxy) is 1. The van der Waals surface area contributed by atoms with Crippen molar-refractivity contribution < 1.29 is 19.0 Å². The molecule has 7 nitrogen and oxygen atoms in total. The van der Waals surface area contributed by atoms with Crippen molar-refractivity contribution in [3.8, 4) is 0 Å². The Kier molecular flexibility index (Phi) is 9.07. The second-order valence-corrected chi connectivity index (χ2v) is 18.7. The number of fused-ring (bicyclic) bond motifs is 7. The molecule has 6 rings (SSSR count). The van der Waals surface area contributed by atoms with Crippen LogP contribution >= 0.6 is 0 Å². The van der Waals surface area contributed by atoms with Crippen LogP contribution < -0.4 is 11.2 Å². The Morgan fingerprint density at radius 3 is 2.40 bits per heavy atom. The van der Waals surface area contributed by atoms with Crippen LogP contribution in [0.3, 0.4) is 0 Å². The molecule has 0 aromatic carbocycles. The lowest BCUT2D eigenvalue weighted by molar-refractivity contribution is -0.206. The molecule has 0 saturated heterocycles. The molecule has 1 aromatic heterocycles. The van der Waals surface area contributed by atoms with Gasteiger partial charge in [-0.2, -0.15) is 4.39 Å². The topological polar surface area (TPSA) is 101 Å². The van der Waals surface area contributed by atoms with Gasteiger partial charge >= 0.3 is 11.7 Å². The van der Waals surface area contributed by atoms with Crippen LogP contribution in [0.25, 0.3) is 0 Å². The van der Waals surface area contributed by atoms with E-state index in [0.717, 1.165) is 83.2 Å². The minimum Gasteiger partial charge on any atom is -0.465 e. The van der Waals surface area contributed by atoms with Crippen LogP contribution in [0.15, 0.2) is 27.4 Å². The number of H-pyrrole nitrogens is 1. The van der Waals surface area contributed by atoms with Crippen molar-refractivity contribution in [1.29, 1.82) is 0 Å². The van der Waals surface area contributed by atoms with E-state index in [1.54, 1.807) is 5.57 Å². The summed E-state index contributed by atoms with van der Waals surface area (Å²) in [6.07, 6.45) is 16.7. The number of halogens is 1. The Morgan fingerprint density at radius 2 is 1.65 bits per heavy atom. The molecular weight excluding hydrogens is 607 g/mol. The Bertz CT molecular complexity index is 1560. The molecule has 4 fully saturated rings. The number of allylic oxidation sites excluding steroid dienone is 2. The second-order valence-electron chi connectivity index (χ2n) is 18.7. The van der Waals surface area contributed by atoms with Crippen molar-refractivity contribution in [2.45, 2.75) is 151 Å². The van der Waals surface area contributed by atoms with Crippen molar-refractivity contribution in [2.24, 2.45) is 50.2 Å². The number of aromatic nitrogens is 2. The number of carbonyl (C=O) groups excluding carboxylic acids is 1. The van der Waals surface area contributed by atoms with Gasteiger partial charge in [0.05, 0.1) is 24.3 Å². The summed E-state index contributed by atoms with van der Waals surface area (Å²) in [6.45, 7) is 17.8. The van der Waals surface area contributed by atoms with E-state index in [0.29, 0.717) is 31.4 Å². The molecule has 0 aliphatic heterocycles. The van der Waals surface area contributed by atoms with Gasteiger partial charge in [-0.3, -0.25) is 19.1 Å². The minimum absolute atomic E-state index is 0.00724. The SMILES string of the molecule is CC1(C)CC[C@]2(C(=O)OCCCCCCn3cc(F)c(=O)[nH]c3=O)CC[C@]3(C)C(=CC[C@@H]4[C@@]5(C)CC[C@H](O)C(C)(C)[C@@H]5CC[C@]43C)[C@@H]2C1. The number of nitrogens with one attached hydrogen (secondary N) is 1. The third-order valence-electron chi connectivity index (χ3n) is 15.5. The van der Waals surface area contributed by atoms with Crippen LogP contribution in [-0.2, 0) is 16.1 Å². The molecule has 0 radical (unpaired) electrons. The smallest absolute Gasteiger partial charge is 0.328 e. The van der Waals surface area contributed by atoms with E-state index in [4.69, 9.17) is 4.74 Å². The quantitative estimate of drug-likeness (QED) is 0.166. The van der Waals surface area contributed by atoms with Gasteiger partial charge in [0.1, 0.15) is 0 Å². The summed E-state index contributed by atoms with van der Waals surface area (Å²) in [5, 5.41) is 11.0. The third kappa shape index (κ3) is 5.49. The lowest BCUT2D eigenvalue weighted by Crippen LogP contribution is -2.65. The molecule has 0 amide bonds. The van der Waals surface area contributed by atoms with Crippen molar-refractivity contribution in [3.05, 3.63) is 44.5 Å². The van der Waals surface area contributed by atoms with Gasteiger partial charge in [-0.25, -0.2) is 4.79 Å². The van der Waals surface area contributed by atoms with Crippen LogP contribution in [0.1, 0.15) is 138 Å². The van der Waals surface area contributed by atoms with Gasteiger partial charge in [0.25, 0.3) is 5.56 Å². The number of aliphatic hydroxyl groups excluding tert-OH is 1. The highest BCUT2D eigenvalue weighted by Gasteiger charge is 2.69. The lowest BCUT2D eigenvalue weighted by Gasteiger charge is -2.71. The van der Waals surface area contributed by atoms with Gasteiger partial charge < -0.3 is 9.84 Å². The van der Waals surface area contributed by atoms with E-state index in [1.165, 1.54) is 11.0 Å². The number of nitrogens with zero attached hydrogens (tertiary/aromatic N) is 1. The predicted octanol–water partition coefficient (Wildman–Crippen LogP) is 7.94. The molecule has 1 heterocycles. The monoisotopic (exact) mass is 668 g/mol. The zero-order valence-corrected chi connectivity index (χ0v) is 30.7. The summed E-state index contributed by atoms with van der Waals surface area (Å²) in [5.74, 6) is 0.333. The van der Waals surface area contributed by atoms with Crippen LogP contribution in [-0.4, -0.2) is 33.3 Å². The highest BCUT2D eigenvalue weighted by Crippen LogP contribution is 2.75. The number of rotatable bonds is 8. The number of aromatic amines is 1.